The van der Waals surface area contributed by atoms with Crippen molar-refractivity contribution in [2.24, 2.45) is 5.92 Å². The first kappa shape index (κ1) is 23.1. The molecule has 1 aromatic heterocycles. The molecule has 0 aliphatic heterocycles. The number of ether oxygens (including phenoxy) is 1. The highest BCUT2D eigenvalue weighted by Gasteiger charge is 2.40. The topological polar surface area (TPSA) is 51.5 Å². The number of nitrogens with zero attached hydrogens (tertiary/aromatic N) is 2. The van der Waals surface area contributed by atoms with Gasteiger partial charge in [0.15, 0.2) is 0 Å². The van der Waals surface area contributed by atoms with Crippen LogP contribution in [0.2, 0.25) is 0 Å². The standard InChI is InChI=1S/C18H26F4N2O3/c1-6-27-17(26)13(9-11(2)3)24-10-12(7-8-23(4)5)14(18(20,21)22)15(19)16(24)25/h10-11,13H,6-9H2,1-5H3. The normalized spacial score (nSPS) is 13.3. The molecule has 0 aliphatic carbocycles. The molecule has 0 saturated heterocycles. The van der Waals surface area contributed by atoms with Crippen molar-refractivity contribution in [2.75, 3.05) is 27.2 Å². The van der Waals surface area contributed by atoms with Crippen LogP contribution in [-0.2, 0) is 22.1 Å². The monoisotopic (exact) mass is 394 g/mol. The van der Waals surface area contributed by atoms with Crippen molar-refractivity contribution in [1.82, 2.24) is 9.47 Å². The molecule has 9 heteroatoms. The molecule has 0 aromatic carbocycles. The van der Waals surface area contributed by atoms with E-state index in [0.29, 0.717) is 0 Å². The van der Waals surface area contributed by atoms with Crippen molar-refractivity contribution in [3.63, 3.8) is 0 Å². The van der Waals surface area contributed by atoms with Gasteiger partial charge in [-0.25, -0.2) is 9.18 Å². The summed E-state index contributed by atoms with van der Waals surface area (Å²) in [6, 6.07) is -1.19. The van der Waals surface area contributed by atoms with Gasteiger partial charge in [0.1, 0.15) is 11.6 Å². The van der Waals surface area contributed by atoms with Gasteiger partial charge in [-0.1, -0.05) is 13.8 Å². The number of likely N-dealkylation sites (N-methyl/N-ethyl adjacent to an activating group) is 1. The molecule has 27 heavy (non-hydrogen) atoms. The number of alkyl halides is 3. The van der Waals surface area contributed by atoms with Gasteiger partial charge >= 0.3 is 12.1 Å². The van der Waals surface area contributed by atoms with E-state index in [1.165, 1.54) is 0 Å². The molecule has 0 amide bonds. The number of esters is 1. The first-order valence-corrected chi connectivity index (χ1v) is 8.72. The molecule has 1 atom stereocenters. The van der Waals surface area contributed by atoms with Crippen LogP contribution in [0.1, 0.15) is 44.4 Å². The van der Waals surface area contributed by atoms with Gasteiger partial charge in [-0.05, 0) is 45.3 Å². The van der Waals surface area contributed by atoms with Crippen LogP contribution >= 0.6 is 0 Å². The minimum atomic E-state index is -5.01. The van der Waals surface area contributed by atoms with E-state index in [4.69, 9.17) is 4.74 Å². The van der Waals surface area contributed by atoms with E-state index in [1.807, 2.05) is 0 Å². The molecule has 1 aromatic rings. The average molecular weight is 394 g/mol. The highest BCUT2D eigenvalue weighted by molar-refractivity contribution is 5.74. The molecule has 154 valence electrons. The number of carbonyl (C=O) groups excluding carboxylic acids is 1. The Morgan fingerprint density at radius 1 is 1.30 bits per heavy atom. The fourth-order valence-corrected chi connectivity index (χ4v) is 2.73. The van der Waals surface area contributed by atoms with Crippen molar-refractivity contribution >= 4 is 5.97 Å². The smallest absolute Gasteiger partial charge is 0.419 e. The summed E-state index contributed by atoms with van der Waals surface area (Å²) >= 11 is 0. The van der Waals surface area contributed by atoms with Gasteiger partial charge < -0.3 is 9.64 Å². The van der Waals surface area contributed by atoms with Crippen molar-refractivity contribution < 1.29 is 27.1 Å². The fourth-order valence-electron chi connectivity index (χ4n) is 2.73. The Balaban J connectivity index is 3.61. The Morgan fingerprint density at radius 2 is 1.89 bits per heavy atom. The van der Waals surface area contributed by atoms with E-state index in [-0.39, 0.29) is 37.5 Å². The summed E-state index contributed by atoms with van der Waals surface area (Å²) in [4.78, 5) is 26.2. The van der Waals surface area contributed by atoms with Crippen LogP contribution in [0.25, 0.3) is 0 Å². The Hall–Kier alpha value is -1.90. The van der Waals surface area contributed by atoms with Crippen LogP contribution < -0.4 is 5.56 Å². The Kier molecular flexibility index (Phi) is 8.01. The van der Waals surface area contributed by atoms with Gasteiger partial charge in [-0.3, -0.25) is 9.36 Å². The minimum Gasteiger partial charge on any atom is -0.464 e. The second-order valence-corrected chi connectivity index (χ2v) is 7.00. The summed E-state index contributed by atoms with van der Waals surface area (Å²) < 4.78 is 60.2. The van der Waals surface area contributed by atoms with E-state index in [1.54, 1.807) is 39.8 Å². The maximum atomic E-state index is 14.5. The van der Waals surface area contributed by atoms with E-state index >= 15 is 0 Å². The largest absolute Gasteiger partial charge is 0.464 e. The molecule has 1 heterocycles. The zero-order chi connectivity index (χ0) is 20.9. The number of hydrogen-bond acceptors (Lipinski definition) is 4. The molecular formula is C18H26F4N2O3. The van der Waals surface area contributed by atoms with E-state index in [9.17, 15) is 27.2 Å². The average Bonchev–Trinajstić information content (AvgIpc) is 2.52. The predicted molar refractivity (Wildman–Crippen MR) is 93.0 cm³/mol. The summed E-state index contributed by atoms with van der Waals surface area (Å²) in [7, 11) is 3.33. The maximum absolute atomic E-state index is 14.5. The van der Waals surface area contributed by atoms with Gasteiger partial charge in [0.05, 0.1) is 6.61 Å². The van der Waals surface area contributed by atoms with Crippen LogP contribution in [0.4, 0.5) is 17.6 Å². The van der Waals surface area contributed by atoms with Crippen molar-refractivity contribution in [3.8, 4) is 0 Å². The minimum absolute atomic E-state index is 0.0405. The lowest BCUT2D eigenvalue weighted by molar-refractivity contribution is -0.147. The summed E-state index contributed by atoms with van der Waals surface area (Å²) in [6.45, 7) is 5.39. The SMILES string of the molecule is CCOC(=O)C(CC(C)C)n1cc(CCN(C)C)c(C(F)(F)F)c(F)c1=O. The van der Waals surface area contributed by atoms with Crippen LogP contribution in [0.15, 0.2) is 11.0 Å². The number of rotatable bonds is 8. The van der Waals surface area contributed by atoms with Crippen LogP contribution in [0.3, 0.4) is 0 Å². The molecule has 0 radical (unpaired) electrons. The first-order valence-electron chi connectivity index (χ1n) is 8.72. The third-order valence-electron chi connectivity index (χ3n) is 3.96. The third-order valence-corrected chi connectivity index (χ3v) is 3.96. The highest BCUT2D eigenvalue weighted by Crippen LogP contribution is 2.34. The van der Waals surface area contributed by atoms with Crippen LogP contribution in [0, 0.1) is 11.7 Å². The number of pyridine rings is 1. The molecule has 0 aliphatic rings. The number of halogens is 4. The van der Waals surface area contributed by atoms with Gasteiger partial charge in [0.25, 0.3) is 5.56 Å². The molecule has 1 unspecified atom stereocenters. The number of hydrogen-bond donors (Lipinski definition) is 0. The zero-order valence-corrected chi connectivity index (χ0v) is 16.2. The third kappa shape index (κ3) is 6.05. The maximum Gasteiger partial charge on any atom is 0.419 e. The van der Waals surface area contributed by atoms with Crippen LogP contribution in [0.5, 0.6) is 0 Å². The molecule has 0 spiro atoms. The number of carbonyl (C=O) groups is 1. The van der Waals surface area contributed by atoms with E-state index in [0.717, 1.165) is 10.8 Å². The zero-order valence-electron chi connectivity index (χ0n) is 16.2. The molecule has 1 rings (SSSR count). The predicted octanol–water partition coefficient (Wildman–Crippen LogP) is 3.26. The summed E-state index contributed by atoms with van der Waals surface area (Å²) in [5.41, 5.74) is -3.42. The second kappa shape index (κ2) is 9.34. The first-order chi connectivity index (χ1) is 12.4. The van der Waals surface area contributed by atoms with Crippen molar-refractivity contribution in [2.45, 2.75) is 45.8 Å². The van der Waals surface area contributed by atoms with E-state index < -0.39 is 35.1 Å². The Bertz CT molecular complexity index is 712. The molecule has 0 fully saturated rings. The Morgan fingerprint density at radius 3 is 2.33 bits per heavy atom. The highest BCUT2D eigenvalue weighted by atomic mass is 19.4. The molecule has 0 N–H and O–H groups in total. The fraction of sp³-hybridized carbons (Fsp3) is 0.667. The lowest BCUT2D eigenvalue weighted by atomic mass is 10.0. The molecule has 0 bridgehead atoms. The second-order valence-electron chi connectivity index (χ2n) is 7.00. The molecular weight excluding hydrogens is 368 g/mol. The van der Waals surface area contributed by atoms with Gasteiger partial charge in [0.2, 0.25) is 5.82 Å². The van der Waals surface area contributed by atoms with Gasteiger partial charge in [-0.15, -0.1) is 0 Å². The summed E-state index contributed by atoms with van der Waals surface area (Å²) in [5.74, 6) is -2.73. The molecule has 5 nitrogen and oxygen atoms in total. The molecule has 0 saturated carbocycles. The quantitative estimate of drug-likeness (QED) is 0.502. The van der Waals surface area contributed by atoms with E-state index in [2.05, 4.69) is 0 Å². The Labute approximate surface area is 155 Å². The number of aromatic nitrogens is 1. The van der Waals surface area contributed by atoms with Crippen molar-refractivity contribution in [3.05, 3.63) is 33.5 Å². The van der Waals surface area contributed by atoms with Gasteiger partial charge in [-0.2, -0.15) is 13.2 Å². The lowest BCUT2D eigenvalue weighted by Crippen LogP contribution is -2.36. The van der Waals surface area contributed by atoms with Crippen LogP contribution in [-0.4, -0.2) is 42.7 Å². The summed E-state index contributed by atoms with van der Waals surface area (Å²) in [5, 5.41) is 0. The van der Waals surface area contributed by atoms with Gasteiger partial charge in [0, 0.05) is 12.7 Å². The van der Waals surface area contributed by atoms with Crippen molar-refractivity contribution in [1.29, 1.82) is 0 Å². The lowest BCUT2D eigenvalue weighted by Gasteiger charge is -2.23. The summed E-state index contributed by atoms with van der Waals surface area (Å²) in [6.07, 6.45) is -4.06.